The maximum atomic E-state index is 11.7. The summed E-state index contributed by atoms with van der Waals surface area (Å²) in [7, 11) is 0. The molecular weight excluding hydrogens is 250 g/mol. The molecule has 19 heavy (non-hydrogen) atoms. The van der Waals surface area contributed by atoms with Gasteiger partial charge in [-0.2, -0.15) is 0 Å². The van der Waals surface area contributed by atoms with E-state index >= 15 is 0 Å². The third kappa shape index (κ3) is 4.89. The highest BCUT2D eigenvalue weighted by atomic mass is 16.6. The Morgan fingerprint density at radius 1 is 1.37 bits per heavy atom. The zero-order valence-electron chi connectivity index (χ0n) is 11.8. The van der Waals surface area contributed by atoms with Crippen LogP contribution in [0.5, 0.6) is 0 Å². The Kier molecular flexibility index (Phi) is 4.91. The number of Topliss-reactive ketones (excluding diaryl/α,β-unsaturated/α-hetero) is 1. The van der Waals surface area contributed by atoms with Crippen LogP contribution in [0, 0.1) is 5.92 Å². The van der Waals surface area contributed by atoms with Gasteiger partial charge in [0.15, 0.2) is 5.78 Å². The lowest BCUT2D eigenvalue weighted by atomic mass is 10.1. The number of carbonyl (C=O) groups excluding carboxylic acids is 3. The average molecular weight is 271 g/mol. The normalized spacial score (nSPS) is 23.1. The van der Waals surface area contributed by atoms with Crippen molar-refractivity contribution in [2.24, 2.45) is 5.92 Å². The van der Waals surface area contributed by atoms with E-state index in [2.05, 4.69) is 5.32 Å². The topological polar surface area (TPSA) is 81.7 Å². The molecule has 1 N–H and O–H groups in total. The fourth-order valence-corrected chi connectivity index (χ4v) is 1.91. The van der Waals surface area contributed by atoms with E-state index in [0.29, 0.717) is 0 Å². The molecule has 0 aromatic rings. The van der Waals surface area contributed by atoms with Gasteiger partial charge in [0, 0.05) is 6.42 Å². The minimum atomic E-state index is -0.663. The Balaban J connectivity index is 2.50. The van der Waals surface area contributed by atoms with Crippen LogP contribution in [0.1, 0.15) is 40.5 Å². The summed E-state index contributed by atoms with van der Waals surface area (Å²) in [6.07, 6.45) is -0.258. The summed E-state index contributed by atoms with van der Waals surface area (Å²) in [5, 5.41) is 2.49. The Morgan fingerprint density at radius 2 is 2.00 bits per heavy atom. The zero-order chi connectivity index (χ0) is 14.6. The minimum Gasteiger partial charge on any atom is -0.466 e. The molecule has 1 rings (SSSR count). The summed E-state index contributed by atoms with van der Waals surface area (Å²) < 4.78 is 9.95. The first-order valence-corrected chi connectivity index (χ1v) is 6.41. The first kappa shape index (κ1) is 15.5. The Morgan fingerprint density at radius 3 is 2.53 bits per heavy atom. The quantitative estimate of drug-likeness (QED) is 0.785. The number of hydrogen-bond acceptors (Lipinski definition) is 5. The number of ketones is 1. The third-order valence-corrected chi connectivity index (χ3v) is 2.67. The van der Waals surface area contributed by atoms with Gasteiger partial charge in [0.05, 0.1) is 18.6 Å². The van der Waals surface area contributed by atoms with Crippen LogP contribution in [-0.2, 0) is 19.1 Å². The highest BCUT2D eigenvalue weighted by Crippen LogP contribution is 2.24. The van der Waals surface area contributed by atoms with E-state index in [1.165, 1.54) is 0 Å². The second-order valence-corrected chi connectivity index (χ2v) is 5.55. The number of nitrogens with one attached hydrogen (secondary N) is 1. The van der Waals surface area contributed by atoms with E-state index in [1.54, 1.807) is 27.7 Å². The highest BCUT2D eigenvalue weighted by molar-refractivity contribution is 5.94. The fourth-order valence-electron chi connectivity index (χ4n) is 1.91. The molecule has 6 nitrogen and oxygen atoms in total. The van der Waals surface area contributed by atoms with E-state index < -0.39 is 23.7 Å². The molecule has 0 saturated heterocycles. The van der Waals surface area contributed by atoms with Gasteiger partial charge in [-0.05, 0) is 34.1 Å². The van der Waals surface area contributed by atoms with Crippen LogP contribution in [0.3, 0.4) is 0 Å². The number of ether oxygens (including phenoxy) is 2. The number of rotatable bonds is 3. The summed E-state index contributed by atoms with van der Waals surface area (Å²) in [5.74, 6) is -1.01. The molecule has 1 aliphatic rings. The van der Waals surface area contributed by atoms with Crippen molar-refractivity contribution in [2.75, 3.05) is 6.61 Å². The molecule has 108 valence electrons. The molecule has 0 aliphatic heterocycles. The van der Waals surface area contributed by atoms with Crippen LogP contribution in [0.2, 0.25) is 0 Å². The van der Waals surface area contributed by atoms with Gasteiger partial charge in [0.2, 0.25) is 0 Å². The van der Waals surface area contributed by atoms with E-state index in [0.717, 1.165) is 0 Å². The summed E-state index contributed by atoms with van der Waals surface area (Å²) in [6, 6.07) is -0.663. The van der Waals surface area contributed by atoms with Crippen LogP contribution in [-0.4, -0.2) is 36.1 Å². The van der Waals surface area contributed by atoms with Crippen molar-refractivity contribution >= 4 is 17.8 Å². The van der Waals surface area contributed by atoms with E-state index in [9.17, 15) is 14.4 Å². The zero-order valence-corrected chi connectivity index (χ0v) is 11.8. The molecule has 6 heteroatoms. The van der Waals surface area contributed by atoms with Crippen molar-refractivity contribution in [2.45, 2.75) is 52.2 Å². The van der Waals surface area contributed by atoms with E-state index in [-0.39, 0.29) is 31.2 Å². The van der Waals surface area contributed by atoms with E-state index in [1.807, 2.05) is 0 Å². The lowest BCUT2D eigenvalue weighted by Crippen LogP contribution is -2.41. The van der Waals surface area contributed by atoms with Crippen molar-refractivity contribution in [3.8, 4) is 0 Å². The standard InChI is InChI=1S/C13H21NO5/c1-5-18-11(16)8-6-9(10(15)7-8)14-12(17)19-13(2,3)4/h8-9H,5-7H2,1-4H3,(H,14,17)/t8-,9+/m0/s1. The SMILES string of the molecule is CCOC(=O)[C@@H]1CC(=O)[C@H](NC(=O)OC(C)(C)C)C1. The number of hydrogen-bond donors (Lipinski definition) is 1. The number of amides is 1. The van der Waals surface area contributed by atoms with Gasteiger partial charge in [-0.15, -0.1) is 0 Å². The van der Waals surface area contributed by atoms with Gasteiger partial charge in [-0.3, -0.25) is 9.59 Å². The second kappa shape index (κ2) is 6.04. The van der Waals surface area contributed by atoms with Gasteiger partial charge >= 0.3 is 12.1 Å². The molecular formula is C13H21NO5. The summed E-state index contributed by atoms with van der Waals surface area (Å²) >= 11 is 0. The third-order valence-electron chi connectivity index (χ3n) is 2.67. The van der Waals surface area contributed by atoms with E-state index in [4.69, 9.17) is 9.47 Å². The average Bonchev–Trinajstić information content (AvgIpc) is 2.58. The summed E-state index contributed by atoms with van der Waals surface area (Å²) in [5.41, 5.74) is -0.619. The maximum Gasteiger partial charge on any atom is 0.408 e. The predicted molar refractivity (Wildman–Crippen MR) is 67.5 cm³/mol. The number of alkyl carbamates (subject to hydrolysis) is 1. The fraction of sp³-hybridized carbons (Fsp3) is 0.769. The molecule has 0 aromatic heterocycles. The first-order valence-electron chi connectivity index (χ1n) is 6.41. The van der Waals surface area contributed by atoms with Gasteiger partial charge < -0.3 is 14.8 Å². The minimum absolute atomic E-state index is 0.110. The monoisotopic (exact) mass is 271 g/mol. The lowest BCUT2D eigenvalue weighted by molar-refractivity contribution is -0.148. The Labute approximate surface area is 112 Å². The van der Waals surface area contributed by atoms with Crippen molar-refractivity contribution in [3.63, 3.8) is 0 Å². The smallest absolute Gasteiger partial charge is 0.408 e. The largest absolute Gasteiger partial charge is 0.466 e. The van der Waals surface area contributed by atoms with Crippen LogP contribution in [0.4, 0.5) is 4.79 Å². The maximum absolute atomic E-state index is 11.7. The number of esters is 1. The van der Waals surface area contributed by atoms with Gasteiger partial charge in [0.1, 0.15) is 5.60 Å². The lowest BCUT2D eigenvalue weighted by Gasteiger charge is -2.21. The highest BCUT2D eigenvalue weighted by Gasteiger charge is 2.38. The van der Waals surface area contributed by atoms with Crippen molar-refractivity contribution in [3.05, 3.63) is 0 Å². The molecule has 1 fully saturated rings. The van der Waals surface area contributed by atoms with Crippen LogP contribution >= 0.6 is 0 Å². The molecule has 2 atom stereocenters. The van der Waals surface area contributed by atoms with Crippen molar-refractivity contribution in [1.29, 1.82) is 0 Å². The van der Waals surface area contributed by atoms with Gasteiger partial charge in [-0.1, -0.05) is 0 Å². The van der Waals surface area contributed by atoms with Crippen LogP contribution in [0.15, 0.2) is 0 Å². The Bertz CT molecular complexity index is 372. The molecule has 1 amide bonds. The molecule has 0 heterocycles. The molecule has 0 radical (unpaired) electrons. The molecule has 1 aliphatic carbocycles. The molecule has 0 aromatic carbocycles. The molecule has 0 bridgehead atoms. The second-order valence-electron chi connectivity index (χ2n) is 5.55. The summed E-state index contributed by atoms with van der Waals surface area (Å²) in [6.45, 7) is 7.22. The van der Waals surface area contributed by atoms with Crippen LogP contribution in [0.25, 0.3) is 0 Å². The Hall–Kier alpha value is -1.59. The number of carbonyl (C=O) groups is 3. The predicted octanol–water partition coefficient (Wildman–Crippen LogP) is 1.42. The molecule has 0 unspecified atom stereocenters. The van der Waals surface area contributed by atoms with Crippen molar-refractivity contribution in [1.82, 2.24) is 5.32 Å². The first-order chi connectivity index (χ1) is 8.73. The van der Waals surface area contributed by atoms with Gasteiger partial charge in [-0.25, -0.2) is 4.79 Å². The van der Waals surface area contributed by atoms with Gasteiger partial charge in [0.25, 0.3) is 0 Å². The summed E-state index contributed by atoms with van der Waals surface area (Å²) in [4.78, 5) is 34.8. The van der Waals surface area contributed by atoms with Crippen molar-refractivity contribution < 1.29 is 23.9 Å². The van der Waals surface area contributed by atoms with Crippen LogP contribution < -0.4 is 5.32 Å². The molecule has 0 spiro atoms. The molecule has 1 saturated carbocycles.